The maximum absolute atomic E-state index is 4.49. The molecule has 2 aromatic carbocycles. The summed E-state index contributed by atoms with van der Waals surface area (Å²) in [5, 5.41) is 1.20. The Labute approximate surface area is 115 Å². The van der Waals surface area contributed by atoms with Crippen molar-refractivity contribution >= 4 is 26.8 Å². The van der Waals surface area contributed by atoms with Gasteiger partial charge < -0.3 is 0 Å². The molecule has 0 bridgehead atoms. The third-order valence-electron chi connectivity index (χ3n) is 2.97. The Morgan fingerprint density at radius 1 is 0.889 bits per heavy atom. The molecule has 3 rings (SSSR count). The van der Waals surface area contributed by atoms with Crippen LogP contribution < -0.4 is 0 Å². The van der Waals surface area contributed by atoms with E-state index in [0.29, 0.717) is 0 Å². The van der Waals surface area contributed by atoms with Crippen LogP contribution in [0.15, 0.2) is 65.3 Å². The lowest BCUT2D eigenvalue weighted by molar-refractivity contribution is 1.17. The Balaban J connectivity index is 1.92. The van der Waals surface area contributed by atoms with Crippen molar-refractivity contribution < 1.29 is 0 Å². The third-order valence-corrected chi connectivity index (χ3v) is 3.50. The molecule has 0 fully saturated rings. The number of hydrogen-bond donors (Lipinski definition) is 0. The van der Waals surface area contributed by atoms with Crippen LogP contribution in [0.1, 0.15) is 11.1 Å². The number of halogens is 1. The van der Waals surface area contributed by atoms with E-state index in [1.54, 1.807) is 0 Å². The van der Waals surface area contributed by atoms with Gasteiger partial charge in [0, 0.05) is 16.1 Å². The van der Waals surface area contributed by atoms with Gasteiger partial charge in [-0.05, 0) is 41.8 Å². The number of pyridine rings is 1. The standard InChI is InChI=1S/C16H12BrN/c17-15-7-5-12(6-8-15)9-13-10-14-3-1-2-4-16(14)18-11-13/h1-8,10-11H,9H2. The number of para-hydroxylation sites is 1. The average molecular weight is 298 g/mol. The van der Waals surface area contributed by atoms with Crippen LogP contribution in [0.5, 0.6) is 0 Å². The summed E-state index contributed by atoms with van der Waals surface area (Å²) in [6.07, 6.45) is 2.88. The van der Waals surface area contributed by atoms with Gasteiger partial charge >= 0.3 is 0 Å². The van der Waals surface area contributed by atoms with E-state index < -0.39 is 0 Å². The average Bonchev–Trinajstić information content (AvgIpc) is 2.41. The smallest absolute Gasteiger partial charge is 0.0702 e. The highest BCUT2D eigenvalue weighted by Crippen LogP contribution is 2.17. The van der Waals surface area contributed by atoms with Gasteiger partial charge in [0.05, 0.1) is 5.52 Å². The van der Waals surface area contributed by atoms with Crippen molar-refractivity contribution in [2.75, 3.05) is 0 Å². The molecule has 1 nitrogen and oxygen atoms in total. The van der Waals surface area contributed by atoms with Crippen molar-refractivity contribution in [3.8, 4) is 0 Å². The molecule has 0 N–H and O–H groups in total. The van der Waals surface area contributed by atoms with Gasteiger partial charge in [-0.3, -0.25) is 4.98 Å². The summed E-state index contributed by atoms with van der Waals surface area (Å²) in [4.78, 5) is 4.49. The fourth-order valence-corrected chi connectivity index (χ4v) is 2.32. The zero-order valence-corrected chi connectivity index (χ0v) is 11.4. The van der Waals surface area contributed by atoms with Crippen molar-refractivity contribution in [2.24, 2.45) is 0 Å². The van der Waals surface area contributed by atoms with E-state index in [0.717, 1.165) is 16.4 Å². The minimum absolute atomic E-state index is 0.922. The Hall–Kier alpha value is -1.67. The van der Waals surface area contributed by atoms with E-state index in [-0.39, 0.29) is 0 Å². The van der Waals surface area contributed by atoms with Gasteiger partial charge in [-0.2, -0.15) is 0 Å². The van der Waals surface area contributed by atoms with E-state index in [2.05, 4.69) is 57.3 Å². The molecule has 1 heterocycles. The molecule has 0 aliphatic rings. The first-order valence-corrected chi connectivity index (χ1v) is 6.69. The molecule has 2 heteroatoms. The maximum atomic E-state index is 4.49. The van der Waals surface area contributed by atoms with Crippen LogP contribution in [0.4, 0.5) is 0 Å². The number of hydrogen-bond acceptors (Lipinski definition) is 1. The summed E-state index contributed by atoms with van der Waals surface area (Å²) in [6.45, 7) is 0. The normalized spacial score (nSPS) is 10.7. The Morgan fingerprint density at radius 3 is 2.50 bits per heavy atom. The first kappa shape index (κ1) is 11.4. The van der Waals surface area contributed by atoms with Gasteiger partial charge in [-0.25, -0.2) is 0 Å². The lowest BCUT2D eigenvalue weighted by Crippen LogP contribution is -1.90. The molecule has 1 aromatic heterocycles. The highest BCUT2D eigenvalue weighted by atomic mass is 79.9. The van der Waals surface area contributed by atoms with Gasteiger partial charge in [0.2, 0.25) is 0 Å². The summed E-state index contributed by atoms with van der Waals surface area (Å²) in [6, 6.07) is 18.8. The summed E-state index contributed by atoms with van der Waals surface area (Å²) in [7, 11) is 0. The third kappa shape index (κ3) is 2.44. The predicted molar refractivity (Wildman–Crippen MR) is 78.7 cm³/mol. The van der Waals surface area contributed by atoms with Crippen LogP contribution in [-0.4, -0.2) is 4.98 Å². The summed E-state index contributed by atoms with van der Waals surface area (Å²) >= 11 is 3.45. The number of benzene rings is 2. The van der Waals surface area contributed by atoms with Crippen LogP contribution in [0.25, 0.3) is 10.9 Å². The van der Waals surface area contributed by atoms with Gasteiger partial charge in [-0.1, -0.05) is 46.3 Å². The SMILES string of the molecule is Brc1ccc(Cc2cnc3ccccc3c2)cc1. The molecule has 0 saturated carbocycles. The van der Waals surface area contributed by atoms with E-state index >= 15 is 0 Å². The quantitative estimate of drug-likeness (QED) is 0.674. The predicted octanol–water partition coefficient (Wildman–Crippen LogP) is 4.59. The fraction of sp³-hybridized carbons (Fsp3) is 0.0625. The topological polar surface area (TPSA) is 12.9 Å². The molecule has 0 atom stereocenters. The lowest BCUT2D eigenvalue weighted by Gasteiger charge is -2.04. The molecule has 0 amide bonds. The molecular formula is C16H12BrN. The molecule has 0 unspecified atom stereocenters. The number of nitrogens with zero attached hydrogens (tertiary/aromatic N) is 1. The molecule has 88 valence electrons. The molecule has 0 aliphatic carbocycles. The van der Waals surface area contributed by atoms with Crippen LogP contribution in [0.3, 0.4) is 0 Å². The molecule has 0 radical (unpaired) electrons. The van der Waals surface area contributed by atoms with Gasteiger partial charge in [0.15, 0.2) is 0 Å². The first-order chi connectivity index (χ1) is 8.81. The van der Waals surface area contributed by atoms with Crippen LogP contribution >= 0.6 is 15.9 Å². The van der Waals surface area contributed by atoms with E-state index in [9.17, 15) is 0 Å². The van der Waals surface area contributed by atoms with Gasteiger partial charge in [-0.15, -0.1) is 0 Å². The fourth-order valence-electron chi connectivity index (χ4n) is 2.05. The largest absolute Gasteiger partial charge is 0.256 e. The van der Waals surface area contributed by atoms with E-state index in [1.807, 2.05) is 24.4 Å². The zero-order chi connectivity index (χ0) is 12.4. The minimum atomic E-state index is 0.922. The summed E-state index contributed by atoms with van der Waals surface area (Å²) in [5.41, 5.74) is 3.60. The molecule has 0 aliphatic heterocycles. The van der Waals surface area contributed by atoms with Crippen LogP contribution in [0, 0.1) is 0 Å². The number of fused-ring (bicyclic) bond motifs is 1. The molecule has 0 saturated heterocycles. The Bertz CT molecular complexity index is 674. The Kier molecular flexibility index (Phi) is 3.11. The van der Waals surface area contributed by atoms with Crippen LogP contribution in [-0.2, 0) is 6.42 Å². The minimum Gasteiger partial charge on any atom is -0.256 e. The second-order valence-electron chi connectivity index (χ2n) is 4.34. The van der Waals surface area contributed by atoms with Crippen molar-refractivity contribution in [3.63, 3.8) is 0 Å². The van der Waals surface area contributed by atoms with Gasteiger partial charge in [0.25, 0.3) is 0 Å². The highest BCUT2D eigenvalue weighted by molar-refractivity contribution is 9.10. The van der Waals surface area contributed by atoms with Gasteiger partial charge in [0.1, 0.15) is 0 Å². The summed E-state index contributed by atoms with van der Waals surface area (Å²) in [5.74, 6) is 0. The monoisotopic (exact) mass is 297 g/mol. The van der Waals surface area contributed by atoms with E-state index in [4.69, 9.17) is 0 Å². The summed E-state index contributed by atoms with van der Waals surface area (Å²) < 4.78 is 1.11. The molecule has 18 heavy (non-hydrogen) atoms. The van der Waals surface area contributed by atoms with Crippen molar-refractivity contribution in [3.05, 3.63) is 76.4 Å². The maximum Gasteiger partial charge on any atom is 0.0702 e. The highest BCUT2D eigenvalue weighted by Gasteiger charge is 1.99. The second kappa shape index (κ2) is 4.91. The first-order valence-electron chi connectivity index (χ1n) is 5.89. The van der Waals surface area contributed by atoms with E-state index in [1.165, 1.54) is 16.5 Å². The van der Waals surface area contributed by atoms with Crippen molar-refractivity contribution in [1.29, 1.82) is 0 Å². The number of rotatable bonds is 2. The molecular weight excluding hydrogens is 286 g/mol. The van der Waals surface area contributed by atoms with Crippen molar-refractivity contribution in [2.45, 2.75) is 6.42 Å². The van der Waals surface area contributed by atoms with Crippen LogP contribution in [0.2, 0.25) is 0 Å². The second-order valence-corrected chi connectivity index (χ2v) is 5.26. The molecule has 3 aromatic rings. The Morgan fingerprint density at radius 2 is 1.67 bits per heavy atom. The lowest BCUT2D eigenvalue weighted by atomic mass is 10.1. The number of aromatic nitrogens is 1. The molecule has 0 spiro atoms. The van der Waals surface area contributed by atoms with Crippen molar-refractivity contribution in [1.82, 2.24) is 4.98 Å². The zero-order valence-electron chi connectivity index (χ0n) is 9.81.